The fraction of sp³-hybridized carbons (Fsp3) is 0.0870. The Labute approximate surface area is 195 Å². The van der Waals surface area contributed by atoms with Crippen LogP contribution in [0.1, 0.15) is 10.4 Å². The molecule has 0 bridgehead atoms. The predicted molar refractivity (Wildman–Crippen MR) is 120 cm³/mol. The number of hydrogen-bond donors (Lipinski definition) is 2. The van der Waals surface area contributed by atoms with E-state index in [1.165, 1.54) is 29.2 Å². The van der Waals surface area contributed by atoms with E-state index in [0.717, 1.165) is 4.68 Å². The van der Waals surface area contributed by atoms with Crippen LogP contribution in [0.15, 0.2) is 67.3 Å². The van der Waals surface area contributed by atoms with Gasteiger partial charge in [-0.1, -0.05) is 24.3 Å². The van der Waals surface area contributed by atoms with Crippen molar-refractivity contribution in [1.82, 2.24) is 24.4 Å². The third kappa shape index (κ3) is 4.36. The summed E-state index contributed by atoms with van der Waals surface area (Å²) in [6, 6.07) is 11.7. The van der Waals surface area contributed by atoms with Gasteiger partial charge in [-0.2, -0.15) is 19.0 Å². The van der Waals surface area contributed by atoms with Gasteiger partial charge in [0.05, 0.1) is 11.9 Å². The number of ether oxygens (including phenoxy) is 1. The van der Waals surface area contributed by atoms with Crippen molar-refractivity contribution in [1.29, 1.82) is 0 Å². The van der Waals surface area contributed by atoms with Crippen molar-refractivity contribution in [2.45, 2.75) is 13.2 Å². The molecule has 0 unspecified atom stereocenters. The van der Waals surface area contributed by atoms with Gasteiger partial charge >= 0.3 is 12.6 Å². The third-order valence-electron chi connectivity index (χ3n) is 5.15. The van der Waals surface area contributed by atoms with E-state index in [1.807, 2.05) is 0 Å². The number of carboxylic acids is 1. The van der Waals surface area contributed by atoms with Gasteiger partial charge in [-0.25, -0.2) is 9.50 Å². The van der Waals surface area contributed by atoms with Gasteiger partial charge < -0.3 is 15.2 Å². The van der Waals surface area contributed by atoms with E-state index in [1.54, 1.807) is 42.6 Å². The number of aliphatic carboxylic acids is 1. The van der Waals surface area contributed by atoms with Crippen LogP contribution >= 0.6 is 0 Å². The van der Waals surface area contributed by atoms with E-state index in [0.29, 0.717) is 16.4 Å². The van der Waals surface area contributed by atoms with E-state index in [2.05, 4.69) is 20.5 Å². The molecule has 35 heavy (non-hydrogen) atoms. The minimum atomic E-state index is -3.11. The number of hydrogen-bond acceptors (Lipinski definition) is 6. The molecule has 0 radical (unpaired) electrons. The summed E-state index contributed by atoms with van der Waals surface area (Å²) in [6.45, 7) is -3.63. The topological polar surface area (TPSA) is 124 Å². The predicted octanol–water partition coefficient (Wildman–Crippen LogP) is 3.68. The van der Waals surface area contributed by atoms with E-state index in [4.69, 9.17) is 4.74 Å². The van der Waals surface area contributed by atoms with Gasteiger partial charge in [0.1, 0.15) is 23.6 Å². The molecule has 0 atom stereocenters. The number of nitrogens with zero attached hydrogens (tertiary/aromatic N) is 5. The Bertz CT molecular complexity index is 1580. The van der Waals surface area contributed by atoms with Crippen molar-refractivity contribution in [3.05, 3.63) is 72.8 Å². The third-order valence-corrected chi connectivity index (χ3v) is 5.15. The molecule has 1 amide bonds. The molecule has 0 saturated carbocycles. The van der Waals surface area contributed by atoms with Crippen LogP contribution in [0, 0.1) is 0 Å². The van der Waals surface area contributed by atoms with Crippen molar-refractivity contribution in [2.75, 3.05) is 5.32 Å². The minimum absolute atomic E-state index is 0.0606. The molecular weight excluding hydrogens is 462 g/mol. The number of fused-ring (bicyclic) bond motifs is 2. The molecule has 10 nitrogen and oxygen atoms in total. The zero-order chi connectivity index (χ0) is 24.5. The Morgan fingerprint density at radius 2 is 1.91 bits per heavy atom. The lowest BCUT2D eigenvalue weighted by Gasteiger charge is -2.12. The quantitative estimate of drug-likeness (QED) is 0.366. The first-order valence-corrected chi connectivity index (χ1v) is 10.3. The number of halogens is 2. The first kappa shape index (κ1) is 21.9. The maximum absolute atomic E-state index is 13.2. The second-order valence-corrected chi connectivity index (χ2v) is 7.46. The monoisotopic (exact) mass is 478 g/mol. The Hall–Kier alpha value is -4.87. The van der Waals surface area contributed by atoms with E-state index >= 15 is 0 Å². The Kier molecular flexibility index (Phi) is 5.53. The largest absolute Gasteiger partial charge is 0.480 e. The fourth-order valence-corrected chi connectivity index (χ4v) is 3.71. The zero-order valence-corrected chi connectivity index (χ0v) is 17.8. The molecule has 0 aliphatic carbocycles. The second kappa shape index (κ2) is 8.82. The van der Waals surface area contributed by atoms with Crippen molar-refractivity contribution in [3.63, 3.8) is 0 Å². The summed E-state index contributed by atoms with van der Waals surface area (Å²) < 4.78 is 33.7. The number of carboxylic acid groups (broad SMARTS) is 1. The zero-order valence-electron chi connectivity index (χ0n) is 17.8. The van der Waals surface area contributed by atoms with Gasteiger partial charge in [0, 0.05) is 24.2 Å². The first-order chi connectivity index (χ1) is 16.9. The van der Waals surface area contributed by atoms with Gasteiger partial charge in [0.25, 0.3) is 5.91 Å². The lowest BCUT2D eigenvalue weighted by Crippen LogP contribution is -2.12. The van der Waals surface area contributed by atoms with Crippen LogP contribution < -0.4 is 10.1 Å². The van der Waals surface area contributed by atoms with E-state index in [9.17, 15) is 23.5 Å². The van der Waals surface area contributed by atoms with Crippen molar-refractivity contribution in [2.24, 2.45) is 0 Å². The van der Waals surface area contributed by atoms with Crippen LogP contribution in [0.3, 0.4) is 0 Å². The summed E-state index contributed by atoms with van der Waals surface area (Å²) in [6.07, 6.45) is 5.77. The van der Waals surface area contributed by atoms with E-state index in [-0.39, 0.29) is 28.3 Å². The highest BCUT2D eigenvalue weighted by molar-refractivity contribution is 6.09. The summed E-state index contributed by atoms with van der Waals surface area (Å²) >= 11 is 0. The SMILES string of the molecule is O=C(O)Cn1cc(NC(=O)c2cnn3cccnc23)c(-c2cc3ccccc3cc2OC(F)F)n1. The number of carbonyl (C=O) groups excluding carboxylic acids is 1. The highest BCUT2D eigenvalue weighted by Crippen LogP contribution is 2.38. The maximum Gasteiger partial charge on any atom is 0.387 e. The smallest absolute Gasteiger partial charge is 0.387 e. The molecule has 2 aromatic carbocycles. The molecule has 0 saturated heterocycles. The first-order valence-electron chi connectivity index (χ1n) is 10.3. The molecule has 5 aromatic rings. The molecule has 0 fully saturated rings. The van der Waals surface area contributed by atoms with Gasteiger partial charge in [-0.15, -0.1) is 0 Å². The van der Waals surface area contributed by atoms with Crippen molar-refractivity contribution < 1.29 is 28.2 Å². The Balaban J connectivity index is 1.62. The second-order valence-electron chi connectivity index (χ2n) is 7.46. The van der Waals surface area contributed by atoms with Crippen LogP contribution in [-0.2, 0) is 11.3 Å². The van der Waals surface area contributed by atoms with Crippen LogP contribution in [0.5, 0.6) is 5.75 Å². The molecule has 176 valence electrons. The van der Waals surface area contributed by atoms with Crippen LogP contribution in [0.4, 0.5) is 14.5 Å². The highest BCUT2D eigenvalue weighted by Gasteiger charge is 2.22. The number of nitrogens with one attached hydrogen (secondary N) is 1. The van der Waals surface area contributed by atoms with Crippen LogP contribution in [0.2, 0.25) is 0 Å². The number of carbonyl (C=O) groups is 2. The minimum Gasteiger partial charge on any atom is -0.480 e. The summed E-state index contributed by atoms with van der Waals surface area (Å²) in [5.41, 5.74) is 0.773. The molecule has 2 N–H and O–H groups in total. The number of anilines is 1. The summed E-state index contributed by atoms with van der Waals surface area (Å²) in [4.78, 5) is 28.5. The maximum atomic E-state index is 13.2. The molecule has 0 aliphatic heterocycles. The highest BCUT2D eigenvalue weighted by atomic mass is 19.3. The van der Waals surface area contributed by atoms with Crippen molar-refractivity contribution >= 4 is 34.0 Å². The number of rotatable bonds is 7. The normalized spacial score (nSPS) is 11.3. The van der Waals surface area contributed by atoms with Crippen LogP contribution in [0.25, 0.3) is 27.7 Å². The molecule has 3 heterocycles. The van der Waals surface area contributed by atoms with E-state index < -0.39 is 25.0 Å². The fourth-order valence-electron chi connectivity index (χ4n) is 3.71. The van der Waals surface area contributed by atoms with Crippen LogP contribution in [-0.4, -0.2) is 48.0 Å². The summed E-state index contributed by atoms with van der Waals surface area (Å²) in [5, 5.41) is 21.6. The van der Waals surface area contributed by atoms with Crippen molar-refractivity contribution in [3.8, 4) is 17.0 Å². The molecule has 0 spiro atoms. The standard InChI is InChI=1S/C23H16F2N6O4/c24-23(25)35-18-9-14-5-2-1-4-13(14)8-15(18)20-17(11-30(29-20)12-19(32)33)28-22(34)16-10-27-31-7-3-6-26-21(16)31/h1-11,23H,12H2,(H,28,34)(H,32,33). The lowest BCUT2D eigenvalue weighted by molar-refractivity contribution is -0.137. The average Bonchev–Trinajstić information content (AvgIpc) is 3.42. The summed E-state index contributed by atoms with van der Waals surface area (Å²) in [7, 11) is 0. The lowest BCUT2D eigenvalue weighted by atomic mass is 10.0. The molecule has 5 rings (SSSR count). The molecule has 12 heteroatoms. The molecular formula is C23H16F2N6O4. The molecule has 3 aromatic heterocycles. The van der Waals surface area contributed by atoms with Gasteiger partial charge in [-0.3, -0.25) is 14.3 Å². The number of aromatic nitrogens is 5. The Morgan fingerprint density at radius 1 is 1.14 bits per heavy atom. The molecule has 0 aliphatic rings. The number of alkyl halides is 2. The number of amides is 1. The van der Waals surface area contributed by atoms with Gasteiger partial charge in [0.2, 0.25) is 0 Å². The van der Waals surface area contributed by atoms with Gasteiger partial charge in [-0.05, 0) is 29.0 Å². The summed E-state index contributed by atoms with van der Waals surface area (Å²) in [5.74, 6) is -1.94. The Morgan fingerprint density at radius 3 is 2.66 bits per heavy atom. The average molecular weight is 478 g/mol. The number of benzene rings is 2. The van der Waals surface area contributed by atoms with Gasteiger partial charge in [0.15, 0.2) is 5.65 Å².